The van der Waals surface area contributed by atoms with Gasteiger partial charge in [-0.25, -0.2) is 0 Å². The zero-order valence-corrected chi connectivity index (χ0v) is 13.8. The monoisotopic (exact) mass is 302 g/mol. The van der Waals surface area contributed by atoms with Crippen molar-refractivity contribution in [3.05, 3.63) is 71.9 Å². The van der Waals surface area contributed by atoms with E-state index in [1.165, 1.54) is 39.7 Å². The largest absolute Gasteiger partial charge is 0.351 e. The summed E-state index contributed by atoms with van der Waals surface area (Å²) in [4.78, 5) is 2.33. The second-order valence-electron chi connectivity index (χ2n) is 6.44. The molecule has 0 radical (unpaired) electrons. The number of fused-ring (bicyclic) bond motifs is 2. The van der Waals surface area contributed by atoms with Crippen LogP contribution in [0.4, 0.5) is 5.69 Å². The molecule has 0 saturated carbocycles. The van der Waals surface area contributed by atoms with E-state index in [9.17, 15) is 0 Å². The highest BCUT2D eigenvalue weighted by molar-refractivity contribution is 5.89. The molecule has 3 aromatic rings. The van der Waals surface area contributed by atoms with E-state index in [2.05, 4.69) is 78.7 Å². The smallest absolute Gasteiger partial charge is 0.0488 e. The number of hydrogen-bond acceptors (Lipinski definition) is 1. The Bertz CT molecular complexity index is 901. The first-order valence-corrected chi connectivity index (χ1v) is 8.31. The van der Waals surface area contributed by atoms with Crippen LogP contribution < -0.4 is 4.90 Å². The first kappa shape index (κ1) is 14.1. The highest BCUT2D eigenvalue weighted by Gasteiger charge is 2.23. The molecule has 2 heterocycles. The van der Waals surface area contributed by atoms with Crippen molar-refractivity contribution in [1.82, 2.24) is 4.57 Å². The Hall–Kier alpha value is -2.48. The van der Waals surface area contributed by atoms with Gasteiger partial charge in [0.05, 0.1) is 0 Å². The summed E-state index contributed by atoms with van der Waals surface area (Å²) in [6, 6.07) is 15.7. The maximum absolute atomic E-state index is 4.36. The summed E-state index contributed by atoms with van der Waals surface area (Å²) in [5, 5.41) is 1.28. The highest BCUT2D eigenvalue weighted by atomic mass is 15.2. The SMILES string of the molecule is C=C1c2cc(CCC)ccc2CN1c1ccc2c(ccn2C)c1. The highest BCUT2D eigenvalue weighted by Crippen LogP contribution is 2.37. The van der Waals surface area contributed by atoms with E-state index in [1.807, 2.05) is 0 Å². The second kappa shape index (κ2) is 5.31. The van der Waals surface area contributed by atoms with Crippen molar-refractivity contribution in [3.8, 4) is 0 Å². The Morgan fingerprint density at radius 3 is 2.78 bits per heavy atom. The topological polar surface area (TPSA) is 8.17 Å². The predicted octanol–water partition coefficient (Wildman–Crippen LogP) is 5.12. The summed E-state index contributed by atoms with van der Waals surface area (Å²) in [6.07, 6.45) is 4.43. The van der Waals surface area contributed by atoms with Crippen molar-refractivity contribution in [1.29, 1.82) is 0 Å². The van der Waals surface area contributed by atoms with Gasteiger partial charge in [-0.2, -0.15) is 0 Å². The molecule has 2 heteroatoms. The fourth-order valence-corrected chi connectivity index (χ4v) is 3.57. The van der Waals surface area contributed by atoms with Crippen molar-refractivity contribution in [2.24, 2.45) is 7.05 Å². The summed E-state index contributed by atoms with van der Waals surface area (Å²) in [7, 11) is 2.09. The Morgan fingerprint density at radius 1 is 1.09 bits per heavy atom. The Morgan fingerprint density at radius 2 is 1.96 bits per heavy atom. The Balaban J connectivity index is 1.71. The molecule has 1 aliphatic heterocycles. The molecule has 0 fully saturated rings. The number of nitrogens with zero attached hydrogens (tertiary/aromatic N) is 2. The summed E-state index contributed by atoms with van der Waals surface area (Å²) in [5.41, 5.74) is 7.70. The maximum Gasteiger partial charge on any atom is 0.0488 e. The summed E-state index contributed by atoms with van der Waals surface area (Å²) in [5.74, 6) is 0. The van der Waals surface area contributed by atoms with Crippen LogP contribution in [0.1, 0.15) is 30.0 Å². The molecular weight excluding hydrogens is 280 g/mol. The van der Waals surface area contributed by atoms with E-state index < -0.39 is 0 Å². The van der Waals surface area contributed by atoms with Crippen LogP contribution >= 0.6 is 0 Å². The first-order valence-electron chi connectivity index (χ1n) is 8.31. The number of anilines is 1. The van der Waals surface area contributed by atoms with Gasteiger partial charge < -0.3 is 9.47 Å². The van der Waals surface area contributed by atoms with Gasteiger partial charge in [0.25, 0.3) is 0 Å². The molecule has 1 aliphatic rings. The predicted molar refractivity (Wildman–Crippen MR) is 98.6 cm³/mol. The van der Waals surface area contributed by atoms with E-state index in [1.54, 1.807) is 0 Å². The molecule has 0 amide bonds. The molecule has 0 unspecified atom stereocenters. The number of hydrogen-bond donors (Lipinski definition) is 0. The zero-order chi connectivity index (χ0) is 16.0. The molecule has 23 heavy (non-hydrogen) atoms. The molecule has 0 N–H and O–H groups in total. The van der Waals surface area contributed by atoms with Gasteiger partial charge in [0.2, 0.25) is 0 Å². The van der Waals surface area contributed by atoms with Gasteiger partial charge in [-0.15, -0.1) is 0 Å². The van der Waals surface area contributed by atoms with Gasteiger partial charge in [0.1, 0.15) is 0 Å². The fourth-order valence-electron chi connectivity index (χ4n) is 3.57. The Kier molecular flexibility index (Phi) is 3.26. The van der Waals surface area contributed by atoms with E-state index in [-0.39, 0.29) is 0 Å². The minimum atomic E-state index is 0.916. The molecule has 2 aromatic carbocycles. The van der Waals surface area contributed by atoms with Gasteiger partial charge in [-0.1, -0.05) is 32.1 Å². The third kappa shape index (κ3) is 2.26. The molecule has 1 aromatic heterocycles. The van der Waals surface area contributed by atoms with Crippen molar-refractivity contribution >= 4 is 22.3 Å². The third-order valence-corrected chi connectivity index (χ3v) is 4.86. The van der Waals surface area contributed by atoms with Crippen molar-refractivity contribution in [2.45, 2.75) is 26.3 Å². The van der Waals surface area contributed by atoms with Crippen molar-refractivity contribution in [3.63, 3.8) is 0 Å². The maximum atomic E-state index is 4.36. The average Bonchev–Trinajstić information content (AvgIpc) is 3.09. The van der Waals surface area contributed by atoms with Crippen LogP contribution in [0.15, 0.2) is 55.2 Å². The minimum absolute atomic E-state index is 0.916. The number of aryl methyl sites for hydroxylation is 2. The van der Waals surface area contributed by atoms with E-state index in [0.717, 1.165) is 18.7 Å². The van der Waals surface area contributed by atoms with Gasteiger partial charge >= 0.3 is 0 Å². The molecule has 0 bridgehead atoms. The van der Waals surface area contributed by atoms with Crippen LogP contribution in [0, 0.1) is 0 Å². The molecule has 0 saturated heterocycles. The molecule has 4 rings (SSSR count). The molecular formula is C21H22N2. The van der Waals surface area contributed by atoms with Crippen LogP contribution in [0.3, 0.4) is 0 Å². The molecule has 116 valence electrons. The fraction of sp³-hybridized carbons (Fsp3) is 0.238. The average molecular weight is 302 g/mol. The first-order chi connectivity index (χ1) is 11.2. The van der Waals surface area contributed by atoms with Gasteiger partial charge in [0, 0.05) is 47.6 Å². The second-order valence-corrected chi connectivity index (χ2v) is 6.44. The summed E-state index contributed by atoms with van der Waals surface area (Å²) in [6.45, 7) is 7.50. The number of rotatable bonds is 3. The standard InChI is InChI=1S/C21H22N2/c1-4-5-16-6-7-18-14-23(15(2)20(18)12-16)19-8-9-21-17(13-19)10-11-22(21)3/h6-13H,2,4-5,14H2,1,3H3. The Labute approximate surface area is 137 Å². The van der Waals surface area contributed by atoms with Crippen LogP contribution in [-0.2, 0) is 20.0 Å². The number of aromatic nitrogens is 1. The van der Waals surface area contributed by atoms with Crippen LogP contribution in [0.25, 0.3) is 16.6 Å². The molecule has 2 nitrogen and oxygen atoms in total. The van der Waals surface area contributed by atoms with Crippen molar-refractivity contribution < 1.29 is 0 Å². The van der Waals surface area contributed by atoms with Gasteiger partial charge in [-0.3, -0.25) is 0 Å². The van der Waals surface area contributed by atoms with Crippen LogP contribution in [-0.4, -0.2) is 4.57 Å². The van der Waals surface area contributed by atoms with Crippen molar-refractivity contribution in [2.75, 3.05) is 4.90 Å². The zero-order valence-electron chi connectivity index (χ0n) is 13.8. The normalized spacial score (nSPS) is 13.8. The lowest BCUT2D eigenvalue weighted by Crippen LogP contribution is -2.12. The van der Waals surface area contributed by atoms with E-state index >= 15 is 0 Å². The van der Waals surface area contributed by atoms with E-state index in [4.69, 9.17) is 0 Å². The number of benzene rings is 2. The third-order valence-electron chi connectivity index (χ3n) is 4.86. The quantitative estimate of drug-likeness (QED) is 0.652. The lowest BCUT2D eigenvalue weighted by Gasteiger charge is -2.19. The van der Waals surface area contributed by atoms with Crippen LogP contribution in [0.2, 0.25) is 0 Å². The lowest BCUT2D eigenvalue weighted by atomic mass is 10.0. The molecule has 0 atom stereocenters. The van der Waals surface area contributed by atoms with Gasteiger partial charge in [-0.05, 0) is 47.9 Å². The molecule has 0 aliphatic carbocycles. The van der Waals surface area contributed by atoms with Gasteiger partial charge in [0.15, 0.2) is 0 Å². The van der Waals surface area contributed by atoms with Crippen LogP contribution in [0.5, 0.6) is 0 Å². The van der Waals surface area contributed by atoms with E-state index in [0.29, 0.717) is 0 Å². The summed E-state index contributed by atoms with van der Waals surface area (Å²) >= 11 is 0. The lowest BCUT2D eigenvalue weighted by molar-refractivity contribution is 0.920. The molecule has 0 spiro atoms. The summed E-state index contributed by atoms with van der Waals surface area (Å²) < 4.78 is 2.16. The minimum Gasteiger partial charge on any atom is -0.351 e.